The number of hydrogen-bond acceptors (Lipinski definition) is 1. The number of allylic oxidation sites excluding steroid dienone is 1. The van der Waals surface area contributed by atoms with Crippen LogP contribution in [0.25, 0.3) is 0 Å². The van der Waals surface area contributed by atoms with Gasteiger partial charge in [0.15, 0.2) is 0 Å². The summed E-state index contributed by atoms with van der Waals surface area (Å²) in [7, 11) is 2.04. The van der Waals surface area contributed by atoms with E-state index in [-0.39, 0.29) is 0 Å². The number of nitrogens with one attached hydrogen (secondary N) is 1. The summed E-state index contributed by atoms with van der Waals surface area (Å²) in [5.74, 6) is 0. The molecule has 1 N–H and O–H groups in total. The van der Waals surface area contributed by atoms with Crippen LogP contribution < -0.4 is 5.32 Å². The van der Waals surface area contributed by atoms with Crippen molar-refractivity contribution < 1.29 is 0 Å². The Balaban J connectivity index is 2.22. The van der Waals surface area contributed by atoms with E-state index in [2.05, 4.69) is 58.2 Å². The minimum Gasteiger partial charge on any atom is -0.310 e. The normalized spacial score (nSPS) is 17.6. The standard InChI is InChI=1S/C13H16IN/c1-15-13(10-4-2-3-5-10)11-6-8-12(14)9-7-11/h4,6-9,13,15H,2-3,5H2,1H3. The molecule has 0 saturated heterocycles. The first kappa shape index (κ1) is 11.1. The molecule has 0 bridgehead atoms. The highest BCUT2D eigenvalue weighted by Gasteiger charge is 2.16. The van der Waals surface area contributed by atoms with Gasteiger partial charge in [-0.1, -0.05) is 23.8 Å². The van der Waals surface area contributed by atoms with Gasteiger partial charge in [0.1, 0.15) is 0 Å². The molecular weight excluding hydrogens is 297 g/mol. The van der Waals surface area contributed by atoms with Crippen molar-refractivity contribution in [2.75, 3.05) is 7.05 Å². The van der Waals surface area contributed by atoms with Crippen LogP contribution in [-0.4, -0.2) is 7.05 Å². The highest BCUT2D eigenvalue weighted by molar-refractivity contribution is 14.1. The Hall–Kier alpha value is -0.350. The lowest BCUT2D eigenvalue weighted by molar-refractivity contribution is 0.656. The van der Waals surface area contributed by atoms with E-state index < -0.39 is 0 Å². The summed E-state index contributed by atoms with van der Waals surface area (Å²) >= 11 is 2.35. The average Bonchev–Trinajstić information content (AvgIpc) is 2.75. The molecule has 0 fully saturated rings. The lowest BCUT2D eigenvalue weighted by Crippen LogP contribution is -2.17. The van der Waals surface area contributed by atoms with Gasteiger partial charge in [0.25, 0.3) is 0 Å². The van der Waals surface area contributed by atoms with Crippen molar-refractivity contribution >= 4 is 22.6 Å². The van der Waals surface area contributed by atoms with Gasteiger partial charge < -0.3 is 5.32 Å². The molecule has 2 rings (SSSR count). The fourth-order valence-electron chi connectivity index (χ4n) is 2.18. The average molecular weight is 313 g/mol. The van der Waals surface area contributed by atoms with Crippen LogP contribution in [0.15, 0.2) is 35.9 Å². The fourth-order valence-corrected chi connectivity index (χ4v) is 2.54. The molecule has 0 amide bonds. The van der Waals surface area contributed by atoms with Crippen LogP contribution in [0.1, 0.15) is 30.9 Å². The predicted octanol–water partition coefficient (Wildman–Crippen LogP) is 3.66. The zero-order valence-corrected chi connectivity index (χ0v) is 11.1. The fraction of sp³-hybridized carbons (Fsp3) is 0.385. The first-order valence-electron chi connectivity index (χ1n) is 5.43. The molecule has 1 nitrogen and oxygen atoms in total. The minimum absolute atomic E-state index is 0.421. The van der Waals surface area contributed by atoms with Gasteiger partial charge >= 0.3 is 0 Å². The number of halogens is 1. The Labute approximate surface area is 105 Å². The molecule has 0 heterocycles. The Morgan fingerprint density at radius 3 is 2.53 bits per heavy atom. The van der Waals surface area contributed by atoms with Crippen molar-refractivity contribution in [2.45, 2.75) is 25.3 Å². The summed E-state index contributed by atoms with van der Waals surface area (Å²) in [6.07, 6.45) is 6.20. The highest BCUT2D eigenvalue weighted by atomic mass is 127. The van der Waals surface area contributed by atoms with Gasteiger partial charge in [-0.15, -0.1) is 0 Å². The van der Waals surface area contributed by atoms with Gasteiger partial charge in [-0.2, -0.15) is 0 Å². The Morgan fingerprint density at radius 2 is 2.00 bits per heavy atom. The molecule has 15 heavy (non-hydrogen) atoms. The van der Waals surface area contributed by atoms with Crippen molar-refractivity contribution in [3.05, 3.63) is 45.0 Å². The molecule has 1 aliphatic carbocycles. The van der Waals surface area contributed by atoms with Gasteiger partial charge in [-0.25, -0.2) is 0 Å². The molecule has 80 valence electrons. The molecule has 1 aliphatic rings. The van der Waals surface area contributed by atoms with Crippen LogP contribution in [0.5, 0.6) is 0 Å². The first-order valence-corrected chi connectivity index (χ1v) is 6.51. The molecule has 0 aliphatic heterocycles. The maximum absolute atomic E-state index is 3.41. The van der Waals surface area contributed by atoms with E-state index in [9.17, 15) is 0 Å². The van der Waals surface area contributed by atoms with Gasteiger partial charge in [0, 0.05) is 3.57 Å². The molecular formula is C13H16IN. The first-order chi connectivity index (χ1) is 7.31. The quantitative estimate of drug-likeness (QED) is 0.663. The molecule has 0 spiro atoms. The molecule has 1 atom stereocenters. The van der Waals surface area contributed by atoms with E-state index in [0.29, 0.717) is 6.04 Å². The van der Waals surface area contributed by atoms with Crippen LogP contribution in [-0.2, 0) is 0 Å². The lowest BCUT2D eigenvalue weighted by atomic mass is 9.98. The number of likely N-dealkylation sites (N-methyl/N-ethyl adjacent to an activating group) is 1. The second-order valence-corrected chi connectivity index (χ2v) is 5.19. The van der Waals surface area contributed by atoms with E-state index in [1.54, 1.807) is 5.57 Å². The van der Waals surface area contributed by atoms with E-state index in [0.717, 1.165) is 0 Å². The van der Waals surface area contributed by atoms with Gasteiger partial charge in [-0.05, 0) is 66.6 Å². The van der Waals surface area contributed by atoms with Crippen molar-refractivity contribution in [3.8, 4) is 0 Å². The molecule has 1 unspecified atom stereocenters. The Morgan fingerprint density at radius 1 is 1.27 bits per heavy atom. The van der Waals surface area contributed by atoms with Crippen molar-refractivity contribution in [1.29, 1.82) is 0 Å². The zero-order valence-electron chi connectivity index (χ0n) is 8.96. The van der Waals surface area contributed by atoms with Crippen LogP contribution in [0.4, 0.5) is 0 Å². The topological polar surface area (TPSA) is 12.0 Å². The third-order valence-corrected chi connectivity index (χ3v) is 3.66. The second-order valence-electron chi connectivity index (χ2n) is 3.94. The SMILES string of the molecule is CNC(C1=CCCC1)c1ccc(I)cc1. The summed E-state index contributed by atoms with van der Waals surface area (Å²) in [6.45, 7) is 0. The van der Waals surface area contributed by atoms with Crippen molar-refractivity contribution in [1.82, 2.24) is 5.32 Å². The van der Waals surface area contributed by atoms with Crippen LogP contribution in [0, 0.1) is 3.57 Å². The van der Waals surface area contributed by atoms with E-state index in [1.807, 2.05) is 7.05 Å². The highest BCUT2D eigenvalue weighted by Crippen LogP contribution is 2.30. The number of rotatable bonds is 3. The maximum atomic E-state index is 3.41. The molecule has 1 aromatic carbocycles. The van der Waals surface area contributed by atoms with Crippen LogP contribution in [0.3, 0.4) is 0 Å². The molecule has 2 heteroatoms. The van der Waals surface area contributed by atoms with Crippen LogP contribution in [0.2, 0.25) is 0 Å². The third kappa shape index (κ3) is 2.61. The van der Waals surface area contributed by atoms with Gasteiger partial charge in [-0.3, -0.25) is 0 Å². The van der Waals surface area contributed by atoms with Gasteiger partial charge in [0.05, 0.1) is 6.04 Å². The summed E-state index contributed by atoms with van der Waals surface area (Å²) in [5, 5.41) is 3.41. The molecule has 0 radical (unpaired) electrons. The number of benzene rings is 1. The van der Waals surface area contributed by atoms with Crippen molar-refractivity contribution in [3.63, 3.8) is 0 Å². The van der Waals surface area contributed by atoms with E-state index in [4.69, 9.17) is 0 Å². The van der Waals surface area contributed by atoms with Gasteiger partial charge in [0.2, 0.25) is 0 Å². The monoisotopic (exact) mass is 313 g/mol. The smallest absolute Gasteiger partial charge is 0.0533 e. The summed E-state index contributed by atoms with van der Waals surface area (Å²) in [5.41, 5.74) is 2.93. The van der Waals surface area contributed by atoms with Crippen LogP contribution >= 0.6 is 22.6 Å². The van der Waals surface area contributed by atoms with Crippen molar-refractivity contribution in [2.24, 2.45) is 0 Å². The summed E-state index contributed by atoms with van der Waals surface area (Å²) in [4.78, 5) is 0. The minimum atomic E-state index is 0.421. The summed E-state index contributed by atoms with van der Waals surface area (Å²) in [6, 6.07) is 9.22. The Bertz CT molecular complexity index is 353. The maximum Gasteiger partial charge on any atom is 0.0533 e. The Kier molecular flexibility index (Phi) is 3.81. The molecule has 1 aromatic rings. The van der Waals surface area contributed by atoms with E-state index in [1.165, 1.54) is 28.4 Å². The predicted molar refractivity (Wildman–Crippen MR) is 72.9 cm³/mol. The molecule has 0 saturated carbocycles. The zero-order chi connectivity index (χ0) is 10.7. The summed E-state index contributed by atoms with van der Waals surface area (Å²) < 4.78 is 1.30. The lowest BCUT2D eigenvalue weighted by Gasteiger charge is -2.18. The molecule has 0 aromatic heterocycles. The van der Waals surface area contributed by atoms with E-state index >= 15 is 0 Å². The number of hydrogen-bond donors (Lipinski definition) is 1. The second kappa shape index (κ2) is 5.12. The third-order valence-electron chi connectivity index (χ3n) is 2.94. The largest absolute Gasteiger partial charge is 0.310 e.